The first-order chi connectivity index (χ1) is 13.6. The number of nitrogens with zero attached hydrogens (tertiary/aromatic N) is 2. The number of unbranched alkanes of at least 4 members (excludes halogenated alkanes) is 1. The molecule has 1 aromatic rings. The molecule has 0 aliphatic carbocycles. The first kappa shape index (κ1) is 23.1. The number of aliphatic hydroxyl groups excluding tert-OH is 1. The molecule has 6 heteroatoms. The molecule has 1 aliphatic rings. The second kappa shape index (κ2) is 13.2. The van der Waals surface area contributed by atoms with E-state index >= 15 is 0 Å². The molecule has 1 N–H and O–H groups in total. The Labute approximate surface area is 174 Å². The van der Waals surface area contributed by atoms with Crippen LogP contribution in [0.1, 0.15) is 49.4 Å². The number of piperidine rings is 1. The first-order valence-corrected chi connectivity index (χ1v) is 11.0. The van der Waals surface area contributed by atoms with E-state index in [2.05, 4.69) is 11.8 Å². The summed E-state index contributed by atoms with van der Waals surface area (Å²) in [4.78, 5) is 16.7. The van der Waals surface area contributed by atoms with Gasteiger partial charge in [0.2, 0.25) is 0 Å². The molecule has 0 radical (unpaired) electrons. The molecule has 28 heavy (non-hydrogen) atoms. The van der Waals surface area contributed by atoms with Crippen molar-refractivity contribution >= 4 is 17.5 Å². The van der Waals surface area contributed by atoms with Gasteiger partial charge in [-0.05, 0) is 75.4 Å². The maximum atomic E-state index is 12.5. The second-order valence-corrected chi connectivity index (χ2v) is 7.94. The van der Waals surface area contributed by atoms with E-state index in [1.54, 1.807) is 24.3 Å². The highest BCUT2D eigenvalue weighted by atomic mass is 35.5. The lowest BCUT2D eigenvalue weighted by Crippen LogP contribution is -2.38. The van der Waals surface area contributed by atoms with Gasteiger partial charge in [-0.3, -0.25) is 4.79 Å². The van der Waals surface area contributed by atoms with Gasteiger partial charge >= 0.3 is 0 Å². The quantitative estimate of drug-likeness (QED) is 0.534. The summed E-state index contributed by atoms with van der Waals surface area (Å²) in [7, 11) is 0. The van der Waals surface area contributed by atoms with Crippen molar-refractivity contribution in [2.75, 3.05) is 52.5 Å². The van der Waals surface area contributed by atoms with Crippen molar-refractivity contribution < 1.29 is 14.6 Å². The second-order valence-electron chi connectivity index (χ2n) is 7.51. The fourth-order valence-electron chi connectivity index (χ4n) is 3.66. The molecule has 0 unspecified atom stereocenters. The van der Waals surface area contributed by atoms with Crippen molar-refractivity contribution in [1.29, 1.82) is 0 Å². The highest BCUT2D eigenvalue weighted by Crippen LogP contribution is 2.22. The molecular formula is C22H35ClN2O3. The van der Waals surface area contributed by atoms with Crippen LogP contribution in [0.25, 0.3) is 0 Å². The Morgan fingerprint density at radius 1 is 1.18 bits per heavy atom. The molecule has 1 fully saturated rings. The van der Waals surface area contributed by atoms with Gasteiger partial charge in [-0.15, -0.1) is 0 Å². The highest BCUT2D eigenvalue weighted by Gasteiger charge is 2.23. The number of rotatable bonds is 12. The van der Waals surface area contributed by atoms with E-state index in [9.17, 15) is 4.79 Å². The van der Waals surface area contributed by atoms with Gasteiger partial charge in [-0.25, -0.2) is 0 Å². The molecule has 0 bridgehead atoms. The van der Waals surface area contributed by atoms with Crippen LogP contribution in [0.3, 0.4) is 0 Å². The number of hydrogen-bond acceptors (Lipinski definition) is 4. The zero-order chi connectivity index (χ0) is 20.2. The molecule has 0 saturated carbocycles. The molecule has 158 valence electrons. The van der Waals surface area contributed by atoms with E-state index < -0.39 is 0 Å². The van der Waals surface area contributed by atoms with Crippen LogP contribution in [0.15, 0.2) is 24.3 Å². The molecule has 5 nitrogen and oxygen atoms in total. The van der Waals surface area contributed by atoms with Crippen molar-refractivity contribution in [2.24, 2.45) is 5.92 Å². The maximum Gasteiger partial charge on any atom is 0.253 e. The number of carbonyl (C=O) groups excluding carboxylic acids is 1. The summed E-state index contributed by atoms with van der Waals surface area (Å²) in [5.41, 5.74) is 0.715. The SMILES string of the molecule is CCN(CCO)CCCCOCCC1CCN(C(=O)c2ccc(Cl)cc2)CC1. The summed E-state index contributed by atoms with van der Waals surface area (Å²) in [6, 6.07) is 7.14. The molecule has 0 spiro atoms. The first-order valence-electron chi connectivity index (χ1n) is 10.6. The molecule has 1 amide bonds. The zero-order valence-electron chi connectivity index (χ0n) is 17.1. The third kappa shape index (κ3) is 8.08. The smallest absolute Gasteiger partial charge is 0.253 e. The van der Waals surface area contributed by atoms with Gasteiger partial charge in [0.15, 0.2) is 0 Å². The minimum Gasteiger partial charge on any atom is -0.395 e. The number of aliphatic hydroxyl groups is 1. The van der Waals surface area contributed by atoms with Crippen molar-refractivity contribution in [2.45, 2.75) is 39.0 Å². The molecule has 0 atom stereocenters. The standard InChI is InChI=1S/C22H35ClN2O3/c1-2-24(15-16-26)12-3-4-17-28-18-11-19-9-13-25(14-10-19)22(27)20-5-7-21(23)8-6-20/h5-8,19,26H,2-4,9-18H2,1H3. The molecule has 1 heterocycles. The Hall–Kier alpha value is -1.14. The summed E-state index contributed by atoms with van der Waals surface area (Å²) in [5, 5.41) is 9.64. The summed E-state index contributed by atoms with van der Waals surface area (Å²) in [5.74, 6) is 0.753. The summed E-state index contributed by atoms with van der Waals surface area (Å²) < 4.78 is 5.81. The summed E-state index contributed by atoms with van der Waals surface area (Å²) in [6.45, 7) is 8.40. The third-order valence-corrected chi connectivity index (χ3v) is 5.79. The number of likely N-dealkylation sites (N-methyl/N-ethyl adjacent to an activating group) is 1. The Balaban J connectivity index is 1.53. The van der Waals surface area contributed by atoms with Gasteiger partial charge in [0, 0.05) is 43.4 Å². The van der Waals surface area contributed by atoms with E-state index in [0.717, 1.165) is 78.0 Å². The predicted octanol–water partition coefficient (Wildman–Crippen LogP) is 3.69. The average molecular weight is 411 g/mol. The fourth-order valence-corrected chi connectivity index (χ4v) is 3.79. The van der Waals surface area contributed by atoms with Gasteiger partial charge in [0.25, 0.3) is 5.91 Å². The van der Waals surface area contributed by atoms with Crippen molar-refractivity contribution in [1.82, 2.24) is 9.80 Å². The Bertz CT molecular complexity index is 559. The minimum atomic E-state index is 0.105. The fraction of sp³-hybridized carbons (Fsp3) is 0.682. The number of hydrogen-bond donors (Lipinski definition) is 1. The number of carbonyl (C=O) groups is 1. The molecule has 1 saturated heterocycles. The van der Waals surface area contributed by atoms with Gasteiger partial charge in [-0.2, -0.15) is 0 Å². The van der Waals surface area contributed by atoms with Gasteiger partial charge in [-0.1, -0.05) is 18.5 Å². The van der Waals surface area contributed by atoms with Crippen molar-refractivity contribution in [3.8, 4) is 0 Å². The third-order valence-electron chi connectivity index (χ3n) is 5.54. The molecule has 0 aromatic heterocycles. The predicted molar refractivity (Wildman–Crippen MR) is 114 cm³/mol. The number of halogens is 1. The van der Waals surface area contributed by atoms with Crippen LogP contribution in [-0.4, -0.2) is 73.4 Å². The van der Waals surface area contributed by atoms with Crippen LogP contribution < -0.4 is 0 Å². The summed E-state index contributed by atoms with van der Waals surface area (Å²) in [6.07, 6.45) is 5.36. The van der Waals surface area contributed by atoms with Gasteiger partial charge in [0.05, 0.1) is 6.61 Å². The van der Waals surface area contributed by atoms with Crippen LogP contribution in [0, 0.1) is 5.92 Å². The van der Waals surface area contributed by atoms with Crippen LogP contribution in [0.5, 0.6) is 0 Å². The summed E-state index contributed by atoms with van der Waals surface area (Å²) >= 11 is 5.89. The Kier molecular flexibility index (Phi) is 10.9. The number of likely N-dealkylation sites (tertiary alicyclic amines) is 1. The zero-order valence-corrected chi connectivity index (χ0v) is 17.9. The van der Waals surface area contributed by atoms with Crippen LogP contribution in [-0.2, 0) is 4.74 Å². The minimum absolute atomic E-state index is 0.105. The van der Waals surface area contributed by atoms with E-state index in [0.29, 0.717) is 16.5 Å². The molecule has 1 aliphatic heterocycles. The Morgan fingerprint density at radius 2 is 1.89 bits per heavy atom. The largest absolute Gasteiger partial charge is 0.395 e. The topological polar surface area (TPSA) is 53.0 Å². The average Bonchev–Trinajstić information content (AvgIpc) is 2.72. The number of ether oxygens (including phenoxy) is 1. The van der Waals surface area contributed by atoms with Crippen LogP contribution in [0.4, 0.5) is 0 Å². The molecule has 2 rings (SSSR count). The van der Waals surface area contributed by atoms with E-state index in [-0.39, 0.29) is 12.5 Å². The van der Waals surface area contributed by atoms with E-state index in [1.807, 2.05) is 4.90 Å². The van der Waals surface area contributed by atoms with Crippen LogP contribution in [0.2, 0.25) is 5.02 Å². The van der Waals surface area contributed by atoms with E-state index in [4.69, 9.17) is 21.4 Å². The van der Waals surface area contributed by atoms with Crippen molar-refractivity contribution in [3.63, 3.8) is 0 Å². The highest BCUT2D eigenvalue weighted by molar-refractivity contribution is 6.30. The monoisotopic (exact) mass is 410 g/mol. The number of amides is 1. The van der Waals surface area contributed by atoms with Gasteiger partial charge < -0.3 is 19.6 Å². The van der Waals surface area contributed by atoms with Gasteiger partial charge in [0.1, 0.15) is 0 Å². The number of benzene rings is 1. The molecule has 1 aromatic carbocycles. The van der Waals surface area contributed by atoms with E-state index in [1.165, 1.54) is 0 Å². The lowest BCUT2D eigenvalue weighted by molar-refractivity contribution is 0.0647. The van der Waals surface area contributed by atoms with Crippen molar-refractivity contribution in [3.05, 3.63) is 34.9 Å². The lowest BCUT2D eigenvalue weighted by atomic mass is 9.93. The Morgan fingerprint density at radius 3 is 2.54 bits per heavy atom. The maximum absolute atomic E-state index is 12.5. The normalized spacial score (nSPS) is 15.4. The molecular weight excluding hydrogens is 376 g/mol. The lowest BCUT2D eigenvalue weighted by Gasteiger charge is -2.32. The van der Waals surface area contributed by atoms with Crippen LogP contribution >= 0.6 is 11.6 Å².